The Morgan fingerprint density at radius 3 is 2.31 bits per heavy atom. The standard InChI is InChI=1S/C25H23N3O4/c1-32-25(31)18-9-7-17(8-10-18)15-28-21-12-11-19(23(26)29)14-20(21)27-24(30)22(28)13-16-5-3-2-4-6-16/h2-12,14,22H,13,15H2,1H3,(H2,26,29)(H,27,30)/t22-/m0/s1. The van der Waals surface area contributed by atoms with Crippen LogP contribution in [0.3, 0.4) is 0 Å². The summed E-state index contributed by atoms with van der Waals surface area (Å²) in [5.74, 6) is -1.12. The fourth-order valence-corrected chi connectivity index (χ4v) is 3.86. The molecule has 0 spiro atoms. The summed E-state index contributed by atoms with van der Waals surface area (Å²) in [5.41, 5.74) is 9.51. The first-order valence-corrected chi connectivity index (χ1v) is 10.2. The molecule has 162 valence electrons. The summed E-state index contributed by atoms with van der Waals surface area (Å²) in [4.78, 5) is 38.5. The van der Waals surface area contributed by atoms with Crippen LogP contribution >= 0.6 is 0 Å². The second-order valence-corrected chi connectivity index (χ2v) is 7.61. The molecule has 1 aliphatic heterocycles. The van der Waals surface area contributed by atoms with Gasteiger partial charge < -0.3 is 20.7 Å². The molecule has 0 saturated carbocycles. The van der Waals surface area contributed by atoms with Gasteiger partial charge in [-0.05, 0) is 41.5 Å². The summed E-state index contributed by atoms with van der Waals surface area (Å²) in [6.07, 6.45) is 0.518. The molecule has 1 atom stereocenters. The van der Waals surface area contributed by atoms with Gasteiger partial charge in [-0.2, -0.15) is 0 Å². The maximum absolute atomic E-state index is 13.1. The number of anilines is 2. The predicted octanol–water partition coefficient (Wildman–Crippen LogP) is 3.14. The number of primary amides is 1. The van der Waals surface area contributed by atoms with Gasteiger partial charge in [0.15, 0.2) is 0 Å². The lowest BCUT2D eigenvalue weighted by Crippen LogP contribution is -2.49. The first-order valence-electron chi connectivity index (χ1n) is 10.2. The Balaban J connectivity index is 1.70. The van der Waals surface area contributed by atoms with Gasteiger partial charge in [-0.25, -0.2) is 4.79 Å². The summed E-state index contributed by atoms with van der Waals surface area (Å²) >= 11 is 0. The molecule has 0 bridgehead atoms. The van der Waals surface area contributed by atoms with Gasteiger partial charge in [0.2, 0.25) is 11.8 Å². The highest BCUT2D eigenvalue weighted by Gasteiger charge is 2.33. The van der Waals surface area contributed by atoms with Crippen molar-refractivity contribution in [1.29, 1.82) is 0 Å². The number of carbonyl (C=O) groups excluding carboxylic acids is 3. The Morgan fingerprint density at radius 1 is 0.969 bits per heavy atom. The third-order valence-electron chi connectivity index (χ3n) is 5.53. The smallest absolute Gasteiger partial charge is 0.337 e. The van der Waals surface area contributed by atoms with Crippen molar-refractivity contribution in [2.24, 2.45) is 5.73 Å². The molecule has 3 aromatic rings. The number of nitrogens with zero attached hydrogens (tertiary/aromatic N) is 1. The zero-order chi connectivity index (χ0) is 22.7. The maximum Gasteiger partial charge on any atom is 0.337 e. The van der Waals surface area contributed by atoms with E-state index in [4.69, 9.17) is 10.5 Å². The van der Waals surface area contributed by atoms with E-state index in [1.807, 2.05) is 47.4 Å². The second kappa shape index (κ2) is 8.93. The normalized spacial score (nSPS) is 15.0. The SMILES string of the molecule is COC(=O)c1ccc(CN2c3ccc(C(N)=O)cc3NC(=O)[C@@H]2Cc2ccccc2)cc1. The number of ether oxygens (including phenoxy) is 1. The molecule has 0 aliphatic carbocycles. The molecular weight excluding hydrogens is 406 g/mol. The van der Waals surface area contributed by atoms with Gasteiger partial charge in [0.1, 0.15) is 6.04 Å². The lowest BCUT2D eigenvalue weighted by Gasteiger charge is -2.38. The number of fused-ring (bicyclic) bond motifs is 1. The Kier molecular flexibility index (Phi) is 5.89. The molecule has 0 unspecified atom stereocenters. The van der Waals surface area contributed by atoms with Crippen LogP contribution in [0, 0.1) is 0 Å². The zero-order valence-electron chi connectivity index (χ0n) is 17.6. The largest absolute Gasteiger partial charge is 0.465 e. The van der Waals surface area contributed by atoms with Crippen molar-refractivity contribution in [2.45, 2.75) is 19.0 Å². The van der Waals surface area contributed by atoms with Crippen molar-refractivity contribution in [3.05, 3.63) is 95.1 Å². The van der Waals surface area contributed by atoms with E-state index in [1.165, 1.54) is 7.11 Å². The lowest BCUT2D eigenvalue weighted by molar-refractivity contribution is -0.117. The molecule has 0 fully saturated rings. The van der Waals surface area contributed by atoms with Crippen LogP contribution in [-0.2, 0) is 22.5 Å². The first kappa shape index (κ1) is 21.1. The van der Waals surface area contributed by atoms with Crippen LogP contribution in [0.4, 0.5) is 11.4 Å². The molecule has 0 radical (unpaired) electrons. The van der Waals surface area contributed by atoms with Crippen molar-refractivity contribution in [1.82, 2.24) is 0 Å². The Morgan fingerprint density at radius 2 is 1.66 bits per heavy atom. The summed E-state index contributed by atoms with van der Waals surface area (Å²) in [5, 5.41) is 2.92. The van der Waals surface area contributed by atoms with Crippen LogP contribution in [0.5, 0.6) is 0 Å². The minimum absolute atomic E-state index is 0.158. The molecule has 7 heteroatoms. The van der Waals surface area contributed by atoms with Gasteiger partial charge in [0.25, 0.3) is 0 Å². The molecule has 0 aromatic heterocycles. The number of benzene rings is 3. The van der Waals surface area contributed by atoms with Gasteiger partial charge in [-0.15, -0.1) is 0 Å². The predicted molar refractivity (Wildman–Crippen MR) is 121 cm³/mol. The fraction of sp³-hybridized carbons (Fsp3) is 0.160. The number of amides is 2. The van der Waals surface area contributed by atoms with E-state index >= 15 is 0 Å². The fourth-order valence-electron chi connectivity index (χ4n) is 3.86. The van der Waals surface area contributed by atoms with Crippen molar-refractivity contribution in [2.75, 3.05) is 17.3 Å². The second-order valence-electron chi connectivity index (χ2n) is 7.61. The van der Waals surface area contributed by atoms with Crippen LogP contribution in [0.2, 0.25) is 0 Å². The summed E-state index contributed by atoms with van der Waals surface area (Å²) < 4.78 is 4.76. The quantitative estimate of drug-likeness (QED) is 0.586. The van der Waals surface area contributed by atoms with Gasteiger partial charge in [-0.3, -0.25) is 9.59 Å². The molecule has 32 heavy (non-hydrogen) atoms. The number of carbonyl (C=O) groups is 3. The molecule has 3 N–H and O–H groups in total. The molecule has 7 nitrogen and oxygen atoms in total. The summed E-state index contributed by atoms with van der Waals surface area (Å²) in [7, 11) is 1.34. The topological polar surface area (TPSA) is 102 Å². The van der Waals surface area contributed by atoms with E-state index in [9.17, 15) is 14.4 Å². The maximum atomic E-state index is 13.1. The Labute approximate surface area is 185 Å². The molecule has 0 saturated heterocycles. The molecular formula is C25H23N3O4. The van der Waals surface area contributed by atoms with Gasteiger partial charge in [0, 0.05) is 18.5 Å². The first-order chi connectivity index (χ1) is 15.5. The number of rotatable bonds is 6. The molecule has 4 rings (SSSR count). The monoisotopic (exact) mass is 429 g/mol. The molecule has 1 heterocycles. The zero-order valence-corrected chi connectivity index (χ0v) is 17.6. The van der Waals surface area contributed by atoms with Crippen LogP contribution in [0.1, 0.15) is 31.8 Å². The Hall–Kier alpha value is -4.13. The minimum atomic E-state index is -0.557. The number of nitrogens with two attached hydrogens (primary N) is 1. The third-order valence-corrected chi connectivity index (χ3v) is 5.53. The number of methoxy groups -OCH3 is 1. The van der Waals surface area contributed by atoms with Gasteiger partial charge in [-0.1, -0.05) is 42.5 Å². The number of nitrogens with one attached hydrogen (secondary N) is 1. The van der Waals surface area contributed by atoms with Crippen LogP contribution in [0.15, 0.2) is 72.8 Å². The van der Waals surface area contributed by atoms with E-state index in [0.29, 0.717) is 29.8 Å². The van der Waals surface area contributed by atoms with Crippen LogP contribution < -0.4 is 16.0 Å². The minimum Gasteiger partial charge on any atom is -0.465 e. The van der Waals surface area contributed by atoms with Gasteiger partial charge >= 0.3 is 5.97 Å². The van der Waals surface area contributed by atoms with E-state index in [2.05, 4.69) is 5.32 Å². The van der Waals surface area contributed by atoms with E-state index < -0.39 is 17.9 Å². The third kappa shape index (κ3) is 4.32. The van der Waals surface area contributed by atoms with Crippen LogP contribution in [-0.4, -0.2) is 30.9 Å². The highest BCUT2D eigenvalue weighted by Crippen LogP contribution is 2.35. The van der Waals surface area contributed by atoms with Crippen molar-refractivity contribution in [3.8, 4) is 0 Å². The van der Waals surface area contributed by atoms with Crippen molar-refractivity contribution < 1.29 is 19.1 Å². The molecule has 3 aromatic carbocycles. The number of hydrogen-bond acceptors (Lipinski definition) is 5. The highest BCUT2D eigenvalue weighted by molar-refractivity contribution is 6.05. The molecule has 2 amide bonds. The summed E-state index contributed by atoms with van der Waals surface area (Å²) in [6, 6.07) is 21.5. The summed E-state index contributed by atoms with van der Waals surface area (Å²) in [6.45, 7) is 0.440. The van der Waals surface area contributed by atoms with Crippen LogP contribution in [0.25, 0.3) is 0 Å². The molecule has 1 aliphatic rings. The lowest BCUT2D eigenvalue weighted by atomic mass is 9.98. The number of esters is 1. The van der Waals surface area contributed by atoms with E-state index in [0.717, 1.165) is 16.8 Å². The van der Waals surface area contributed by atoms with Crippen molar-refractivity contribution >= 4 is 29.2 Å². The van der Waals surface area contributed by atoms with E-state index in [1.54, 1.807) is 30.3 Å². The highest BCUT2D eigenvalue weighted by atomic mass is 16.5. The van der Waals surface area contributed by atoms with Crippen molar-refractivity contribution in [3.63, 3.8) is 0 Å². The Bertz CT molecular complexity index is 1160. The number of hydrogen-bond donors (Lipinski definition) is 2. The average Bonchev–Trinajstić information content (AvgIpc) is 2.81. The van der Waals surface area contributed by atoms with Gasteiger partial charge in [0.05, 0.1) is 24.0 Å². The average molecular weight is 429 g/mol. The van der Waals surface area contributed by atoms with E-state index in [-0.39, 0.29) is 5.91 Å².